The molecule has 2 N–H and O–H groups in total. The zero-order valence-corrected chi connectivity index (χ0v) is 17.0. The first-order chi connectivity index (χ1) is 13.7. The molecule has 1 saturated carbocycles. The van der Waals surface area contributed by atoms with Gasteiger partial charge in [0.15, 0.2) is 0 Å². The number of carbonyl (C=O) groups is 1. The maximum Gasteiger partial charge on any atom is 0.314 e. The molecule has 3 rings (SSSR count). The molecule has 2 unspecified atom stereocenters. The van der Waals surface area contributed by atoms with E-state index in [9.17, 15) is 4.79 Å². The van der Waals surface area contributed by atoms with Gasteiger partial charge in [-0.25, -0.2) is 14.8 Å². The van der Waals surface area contributed by atoms with Gasteiger partial charge in [-0.1, -0.05) is 19.8 Å². The Morgan fingerprint density at radius 2 is 1.82 bits per heavy atom. The SMILES string of the molecule is CC1CCCCC1OCCNC(=O)NCCN1CCN(c2ncccn2)CC1. The Hall–Kier alpha value is -1.93. The average Bonchev–Trinajstić information content (AvgIpc) is 2.73. The van der Waals surface area contributed by atoms with Crippen LogP contribution in [0.4, 0.5) is 10.7 Å². The summed E-state index contributed by atoms with van der Waals surface area (Å²) in [5, 5.41) is 5.82. The number of ether oxygens (including phenoxy) is 1. The molecule has 8 heteroatoms. The topological polar surface area (TPSA) is 82.6 Å². The summed E-state index contributed by atoms with van der Waals surface area (Å²) < 4.78 is 5.93. The zero-order valence-electron chi connectivity index (χ0n) is 17.0. The second kappa shape index (κ2) is 11.2. The van der Waals surface area contributed by atoms with Crippen molar-refractivity contribution in [3.63, 3.8) is 0 Å². The van der Waals surface area contributed by atoms with Gasteiger partial charge in [0.25, 0.3) is 0 Å². The zero-order chi connectivity index (χ0) is 19.6. The summed E-state index contributed by atoms with van der Waals surface area (Å²) in [6.45, 7) is 8.64. The van der Waals surface area contributed by atoms with Gasteiger partial charge in [-0.3, -0.25) is 4.90 Å². The van der Waals surface area contributed by atoms with Gasteiger partial charge in [0.2, 0.25) is 5.95 Å². The Kier molecular flexibility index (Phi) is 8.29. The van der Waals surface area contributed by atoms with Crippen molar-refractivity contribution < 1.29 is 9.53 Å². The Morgan fingerprint density at radius 3 is 2.57 bits per heavy atom. The van der Waals surface area contributed by atoms with E-state index in [1.807, 2.05) is 6.07 Å². The number of nitrogens with zero attached hydrogens (tertiary/aromatic N) is 4. The molecule has 1 aliphatic heterocycles. The Labute approximate surface area is 168 Å². The largest absolute Gasteiger partial charge is 0.376 e. The standard InChI is InChI=1S/C20H34N6O2/c1-17-5-2-3-6-18(17)28-16-10-24-20(27)23-9-11-25-12-14-26(15-13-25)19-21-7-4-8-22-19/h4,7-8,17-18H,2-3,5-6,9-16H2,1H3,(H2,23,24,27). The molecule has 2 aliphatic rings. The van der Waals surface area contributed by atoms with E-state index in [1.54, 1.807) is 12.4 Å². The predicted octanol–water partition coefficient (Wildman–Crippen LogP) is 1.49. The molecular weight excluding hydrogens is 356 g/mol. The molecule has 8 nitrogen and oxygen atoms in total. The van der Waals surface area contributed by atoms with Crippen molar-refractivity contribution in [2.75, 3.05) is 57.3 Å². The quantitative estimate of drug-likeness (QED) is 0.655. The van der Waals surface area contributed by atoms with E-state index in [1.165, 1.54) is 19.3 Å². The van der Waals surface area contributed by atoms with Crippen LogP contribution in [0, 0.1) is 5.92 Å². The molecule has 2 amide bonds. The van der Waals surface area contributed by atoms with Gasteiger partial charge < -0.3 is 20.3 Å². The molecule has 0 radical (unpaired) electrons. The molecule has 1 aliphatic carbocycles. The molecule has 1 aromatic heterocycles. The first kappa shape index (κ1) is 20.8. The summed E-state index contributed by atoms with van der Waals surface area (Å²) in [6, 6.07) is 1.72. The van der Waals surface area contributed by atoms with Gasteiger partial charge in [-0.15, -0.1) is 0 Å². The number of carbonyl (C=O) groups excluding carboxylic acids is 1. The Balaban J connectivity index is 1.21. The highest BCUT2D eigenvalue weighted by atomic mass is 16.5. The minimum absolute atomic E-state index is 0.114. The monoisotopic (exact) mass is 390 g/mol. The molecule has 1 saturated heterocycles. The molecular formula is C20H34N6O2. The minimum atomic E-state index is -0.114. The third-order valence-corrected chi connectivity index (χ3v) is 5.67. The third-order valence-electron chi connectivity index (χ3n) is 5.67. The van der Waals surface area contributed by atoms with Crippen LogP contribution >= 0.6 is 0 Å². The first-order valence-electron chi connectivity index (χ1n) is 10.6. The fourth-order valence-corrected chi connectivity index (χ4v) is 3.92. The average molecular weight is 391 g/mol. The van der Waals surface area contributed by atoms with Crippen molar-refractivity contribution in [3.8, 4) is 0 Å². The number of nitrogens with one attached hydrogen (secondary N) is 2. The van der Waals surface area contributed by atoms with Crippen LogP contribution in [-0.2, 0) is 4.74 Å². The second-order valence-electron chi connectivity index (χ2n) is 7.73. The summed E-state index contributed by atoms with van der Waals surface area (Å²) in [5.41, 5.74) is 0. The maximum atomic E-state index is 11.9. The molecule has 2 heterocycles. The summed E-state index contributed by atoms with van der Waals surface area (Å²) in [4.78, 5) is 25.1. The summed E-state index contributed by atoms with van der Waals surface area (Å²) in [5.74, 6) is 1.43. The highest BCUT2D eigenvalue weighted by Gasteiger charge is 2.21. The summed E-state index contributed by atoms with van der Waals surface area (Å²) in [6.07, 6.45) is 8.89. The lowest BCUT2D eigenvalue weighted by atomic mass is 9.88. The van der Waals surface area contributed by atoms with Crippen LogP contribution in [0.25, 0.3) is 0 Å². The van der Waals surface area contributed by atoms with Crippen LogP contribution in [-0.4, -0.2) is 79.4 Å². The van der Waals surface area contributed by atoms with Gasteiger partial charge in [0.1, 0.15) is 0 Å². The van der Waals surface area contributed by atoms with Crippen molar-refractivity contribution >= 4 is 12.0 Å². The van der Waals surface area contributed by atoms with E-state index in [0.717, 1.165) is 45.1 Å². The van der Waals surface area contributed by atoms with E-state index in [0.29, 0.717) is 31.7 Å². The van der Waals surface area contributed by atoms with Crippen molar-refractivity contribution in [2.45, 2.75) is 38.7 Å². The van der Waals surface area contributed by atoms with Crippen LogP contribution in [0.15, 0.2) is 18.5 Å². The fraction of sp³-hybridized carbons (Fsp3) is 0.750. The second-order valence-corrected chi connectivity index (χ2v) is 7.73. The van der Waals surface area contributed by atoms with Crippen molar-refractivity contribution in [1.82, 2.24) is 25.5 Å². The lowest BCUT2D eigenvalue weighted by Crippen LogP contribution is -2.49. The van der Waals surface area contributed by atoms with Gasteiger partial charge >= 0.3 is 6.03 Å². The van der Waals surface area contributed by atoms with Gasteiger partial charge in [0.05, 0.1) is 12.7 Å². The van der Waals surface area contributed by atoms with Crippen molar-refractivity contribution in [2.24, 2.45) is 5.92 Å². The summed E-state index contributed by atoms with van der Waals surface area (Å²) in [7, 11) is 0. The van der Waals surface area contributed by atoms with Crippen LogP contribution in [0.5, 0.6) is 0 Å². The van der Waals surface area contributed by atoms with Crippen LogP contribution in [0.2, 0.25) is 0 Å². The molecule has 2 fully saturated rings. The van der Waals surface area contributed by atoms with E-state index < -0.39 is 0 Å². The van der Waals surface area contributed by atoms with Gasteiger partial charge in [-0.2, -0.15) is 0 Å². The number of anilines is 1. The number of hydrogen-bond donors (Lipinski definition) is 2. The maximum absolute atomic E-state index is 11.9. The first-order valence-corrected chi connectivity index (χ1v) is 10.6. The normalized spacial score (nSPS) is 23.4. The van der Waals surface area contributed by atoms with E-state index in [4.69, 9.17) is 4.74 Å². The van der Waals surface area contributed by atoms with Crippen LogP contribution in [0.1, 0.15) is 32.6 Å². The molecule has 28 heavy (non-hydrogen) atoms. The van der Waals surface area contributed by atoms with Crippen LogP contribution < -0.4 is 15.5 Å². The van der Waals surface area contributed by atoms with Crippen LogP contribution in [0.3, 0.4) is 0 Å². The van der Waals surface area contributed by atoms with E-state index in [2.05, 4.69) is 37.3 Å². The lowest BCUT2D eigenvalue weighted by molar-refractivity contribution is -0.00243. The number of piperazine rings is 1. The molecule has 0 aromatic carbocycles. The highest BCUT2D eigenvalue weighted by Crippen LogP contribution is 2.25. The third kappa shape index (κ3) is 6.60. The highest BCUT2D eigenvalue weighted by molar-refractivity contribution is 5.73. The van der Waals surface area contributed by atoms with E-state index >= 15 is 0 Å². The lowest BCUT2D eigenvalue weighted by Gasteiger charge is -2.34. The number of amides is 2. The fourth-order valence-electron chi connectivity index (χ4n) is 3.92. The minimum Gasteiger partial charge on any atom is -0.376 e. The Morgan fingerprint density at radius 1 is 1.11 bits per heavy atom. The molecule has 0 spiro atoms. The van der Waals surface area contributed by atoms with Crippen molar-refractivity contribution in [1.29, 1.82) is 0 Å². The van der Waals surface area contributed by atoms with Crippen molar-refractivity contribution in [3.05, 3.63) is 18.5 Å². The smallest absolute Gasteiger partial charge is 0.314 e. The van der Waals surface area contributed by atoms with Gasteiger partial charge in [0, 0.05) is 58.2 Å². The number of hydrogen-bond acceptors (Lipinski definition) is 6. The number of rotatable bonds is 8. The molecule has 0 bridgehead atoms. The Bertz CT molecular complexity index is 579. The predicted molar refractivity (Wildman–Crippen MR) is 109 cm³/mol. The molecule has 1 aromatic rings. The summed E-state index contributed by atoms with van der Waals surface area (Å²) >= 11 is 0. The van der Waals surface area contributed by atoms with E-state index in [-0.39, 0.29) is 6.03 Å². The number of aromatic nitrogens is 2. The molecule has 2 atom stereocenters. The molecule has 156 valence electrons. The van der Waals surface area contributed by atoms with Gasteiger partial charge in [-0.05, 0) is 24.8 Å². The number of urea groups is 1.